The molecule has 21 heavy (non-hydrogen) atoms. The van der Waals surface area contributed by atoms with Crippen LogP contribution >= 0.6 is 15.9 Å². The molecule has 114 valence electrons. The van der Waals surface area contributed by atoms with E-state index in [-0.39, 0.29) is 12.1 Å². The van der Waals surface area contributed by atoms with Gasteiger partial charge in [-0.15, -0.1) is 0 Å². The molecule has 0 saturated heterocycles. The van der Waals surface area contributed by atoms with Gasteiger partial charge >= 0.3 is 0 Å². The monoisotopic (exact) mass is 350 g/mol. The van der Waals surface area contributed by atoms with Crippen LogP contribution in [0.25, 0.3) is 0 Å². The van der Waals surface area contributed by atoms with Gasteiger partial charge in [-0.25, -0.2) is 5.43 Å². The van der Waals surface area contributed by atoms with Crippen LogP contribution in [0.3, 0.4) is 0 Å². The quantitative estimate of drug-likeness (QED) is 0.634. The summed E-state index contributed by atoms with van der Waals surface area (Å²) < 4.78 is 2.96. The second-order valence-electron chi connectivity index (χ2n) is 5.84. The Morgan fingerprint density at radius 1 is 1.10 bits per heavy atom. The average Bonchev–Trinajstić information content (AvgIpc) is 2.83. The summed E-state index contributed by atoms with van der Waals surface area (Å²) in [6, 6.07) is 8.76. The second-order valence-corrected chi connectivity index (χ2v) is 6.69. The summed E-state index contributed by atoms with van der Waals surface area (Å²) in [5.41, 5.74) is 6.42. The lowest BCUT2D eigenvalue weighted by molar-refractivity contribution is 0.475. The largest absolute Gasteiger partial charge is 0.271 e. The van der Waals surface area contributed by atoms with Crippen molar-refractivity contribution in [1.29, 1.82) is 0 Å². The van der Waals surface area contributed by atoms with E-state index in [1.54, 1.807) is 0 Å². The van der Waals surface area contributed by atoms with E-state index in [9.17, 15) is 0 Å². The third-order valence-corrected chi connectivity index (χ3v) is 4.26. The molecular formula is C16H23BrN4. The number of hydrazine groups is 1. The van der Waals surface area contributed by atoms with Gasteiger partial charge in [0.1, 0.15) is 0 Å². The van der Waals surface area contributed by atoms with Crippen molar-refractivity contribution in [3.8, 4) is 0 Å². The van der Waals surface area contributed by atoms with Crippen LogP contribution in [0.5, 0.6) is 0 Å². The molecule has 1 heterocycles. The number of nitrogens with zero attached hydrogens (tertiary/aromatic N) is 2. The zero-order chi connectivity index (χ0) is 15.6. The highest BCUT2D eigenvalue weighted by Crippen LogP contribution is 2.30. The molecule has 3 N–H and O–H groups in total. The normalized spacial score (nSPS) is 13.1. The Morgan fingerprint density at radius 2 is 1.67 bits per heavy atom. The molecule has 1 unspecified atom stereocenters. The molecule has 0 aliphatic heterocycles. The third kappa shape index (κ3) is 3.36. The molecule has 0 saturated carbocycles. The minimum absolute atomic E-state index is 0.0921. The fourth-order valence-corrected chi connectivity index (χ4v) is 2.94. The number of benzene rings is 1. The lowest BCUT2D eigenvalue weighted by atomic mass is 9.98. The summed E-state index contributed by atoms with van der Waals surface area (Å²) in [6.07, 6.45) is 1.82. The maximum atomic E-state index is 5.82. The molecule has 1 aromatic carbocycles. The van der Waals surface area contributed by atoms with Crippen LogP contribution in [-0.2, 0) is 0 Å². The fourth-order valence-electron chi connectivity index (χ4n) is 2.44. The Kier molecular flexibility index (Phi) is 5.19. The van der Waals surface area contributed by atoms with E-state index in [1.165, 1.54) is 5.56 Å². The summed E-state index contributed by atoms with van der Waals surface area (Å²) in [5, 5.41) is 4.43. The highest BCUT2D eigenvalue weighted by atomic mass is 79.9. The van der Waals surface area contributed by atoms with Crippen LogP contribution in [0.15, 0.2) is 34.9 Å². The molecule has 0 fully saturated rings. The van der Waals surface area contributed by atoms with Crippen LogP contribution in [0.1, 0.15) is 62.5 Å². The first-order valence-corrected chi connectivity index (χ1v) is 8.03. The Labute approximate surface area is 134 Å². The summed E-state index contributed by atoms with van der Waals surface area (Å²) in [5.74, 6) is 6.34. The van der Waals surface area contributed by atoms with Gasteiger partial charge in [0.2, 0.25) is 0 Å². The van der Waals surface area contributed by atoms with Crippen molar-refractivity contribution in [2.45, 2.75) is 45.7 Å². The zero-order valence-electron chi connectivity index (χ0n) is 13.0. The number of halogens is 1. The number of hydrogen-bond donors (Lipinski definition) is 2. The number of rotatable bonds is 5. The van der Waals surface area contributed by atoms with Crippen LogP contribution < -0.4 is 11.3 Å². The molecule has 5 heteroatoms. The van der Waals surface area contributed by atoms with E-state index in [0.717, 1.165) is 15.7 Å². The van der Waals surface area contributed by atoms with Crippen molar-refractivity contribution >= 4 is 15.9 Å². The molecular weight excluding hydrogens is 328 g/mol. The first-order valence-electron chi connectivity index (χ1n) is 7.24. The lowest BCUT2D eigenvalue weighted by Crippen LogP contribution is -2.31. The average molecular weight is 351 g/mol. The van der Waals surface area contributed by atoms with E-state index in [1.807, 2.05) is 10.9 Å². The van der Waals surface area contributed by atoms with Crippen molar-refractivity contribution in [2.24, 2.45) is 5.84 Å². The summed E-state index contributed by atoms with van der Waals surface area (Å²) in [4.78, 5) is 0. The highest BCUT2D eigenvalue weighted by Gasteiger charge is 2.22. The van der Waals surface area contributed by atoms with Gasteiger partial charge in [0.25, 0.3) is 0 Å². The first kappa shape index (κ1) is 16.2. The smallest absolute Gasteiger partial charge is 0.0889 e. The topological polar surface area (TPSA) is 55.9 Å². The SMILES string of the molecule is CC(C)c1ccc(C(NN)c2c(Br)cnn2C(C)C)cc1. The van der Waals surface area contributed by atoms with Crippen LogP contribution in [-0.4, -0.2) is 9.78 Å². The molecule has 0 aliphatic carbocycles. The lowest BCUT2D eigenvalue weighted by Gasteiger charge is -2.21. The molecule has 0 radical (unpaired) electrons. The highest BCUT2D eigenvalue weighted by molar-refractivity contribution is 9.10. The van der Waals surface area contributed by atoms with Crippen molar-refractivity contribution in [3.63, 3.8) is 0 Å². The van der Waals surface area contributed by atoms with Gasteiger partial charge in [0.05, 0.1) is 22.4 Å². The molecule has 2 rings (SSSR count). The van der Waals surface area contributed by atoms with Crippen molar-refractivity contribution in [1.82, 2.24) is 15.2 Å². The number of nitrogens with two attached hydrogens (primary N) is 1. The van der Waals surface area contributed by atoms with E-state index in [4.69, 9.17) is 5.84 Å². The third-order valence-electron chi connectivity index (χ3n) is 3.65. The summed E-state index contributed by atoms with van der Waals surface area (Å²) in [7, 11) is 0. The van der Waals surface area contributed by atoms with Gasteiger partial charge < -0.3 is 0 Å². The number of nitrogens with one attached hydrogen (secondary N) is 1. The van der Waals surface area contributed by atoms with E-state index >= 15 is 0 Å². The molecule has 0 amide bonds. The summed E-state index contributed by atoms with van der Waals surface area (Å²) >= 11 is 3.58. The van der Waals surface area contributed by atoms with Gasteiger partial charge in [-0.1, -0.05) is 38.1 Å². The number of aromatic nitrogens is 2. The van der Waals surface area contributed by atoms with E-state index in [2.05, 4.69) is 78.4 Å². The molecule has 0 spiro atoms. The minimum Gasteiger partial charge on any atom is -0.271 e. The van der Waals surface area contributed by atoms with Crippen LogP contribution in [0.2, 0.25) is 0 Å². The van der Waals surface area contributed by atoms with Gasteiger partial charge in [-0.05, 0) is 46.8 Å². The molecule has 4 nitrogen and oxygen atoms in total. The van der Waals surface area contributed by atoms with Gasteiger partial charge in [0.15, 0.2) is 0 Å². The Bertz CT molecular complexity index is 587. The standard InChI is InChI=1S/C16H23BrN4/c1-10(2)12-5-7-13(8-6-12)15(20-18)16-14(17)9-19-21(16)11(3)4/h5-11,15,20H,18H2,1-4H3. The van der Waals surface area contributed by atoms with Gasteiger partial charge in [-0.3, -0.25) is 10.5 Å². The predicted octanol–water partition coefficient (Wildman–Crippen LogP) is 3.90. The first-order chi connectivity index (χ1) is 9.95. The van der Waals surface area contributed by atoms with Crippen molar-refractivity contribution < 1.29 is 0 Å². The molecule has 0 bridgehead atoms. The van der Waals surface area contributed by atoms with Crippen molar-refractivity contribution in [2.75, 3.05) is 0 Å². The Balaban J connectivity index is 2.42. The fraction of sp³-hybridized carbons (Fsp3) is 0.438. The zero-order valence-corrected chi connectivity index (χ0v) is 14.6. The van der Waals surface area contributed by atoms with Gasteiger partial charge in [0, 0.05) is 6.04 Å². The Morgan fingerprint density at radius 3 is 2.14 bits per heavy atom. The maximum absolute atomic E-state index is 5.82. The van der Waals surface area contributed by atoms with Crippen LogP contribution in [0, 0.1) is 0 Å². The van der Waals surface area contributed by atoms with E-state index < -0.39 is 0 Å². The summed E-state index contributed by atoms with van der Waals surface area (Å²) in [6.45, 7) is 8.60. The molecule has 0 aliphatic rings. The molecule has 2 aromatic rings. The number of hydrogen-bond acceptors (Lipinski definition) is 3. The molecule has 1 aromatic heterocycles. The molecule has 1 atom stereocenters. The maximum Gasteiger partial charge on any atom is 0.0889 e. The van der Waals surface area contributed by atoms with Crippen molar-refractivity contribution in [3.05, 3.63) is 51.8 Å². The second kappa shape index (κ2) is 6.73. The van der Waals surface area contributed by atoms with Gasteiger partial charge in [-0.2, -0.15) is 5.10 Å². The van der Waals surface area contributed by atoms with Crippen LogP contribution in [0.4, 0.5) is 0 Å². The minimum atomic E-state index is -0.0921. The van der Waals surface area contributed by atoms with E-state index in [0.29, 0.717) is 5.92 Å². The Hall–Kier alpha value is -1.17. The predicted molar refractivity (Wildman–Crippen MR) is 90.0 cm³/mol.